The molecule has 3 aliphatic heterocycles. The van der Waals surface area contributed by atoms with Crippen LogP contribution >= 0.6 is 23.5 Å². The first-order valence-electron chi connectivity index (χ1n) is 9.40. The Bertz CT molecular complexity index is 892. The number of aromatic hydroxyl groups is 1. The van der Waals surface area contributed by atoms with Crippen LogP contribution in [0, 0.1) is 0 Å². The second kappa shape index (κ2) is 6.64. The van der Waals surface area contributed by atoms with Gasteiger partial charge in [-0.2, -0.15) is 0 Å². The lowest BCUT2D eigenvalue weighted by atomic mass is 9.63. The summed E-state index contributed by atoms with van der Waals surface area (Å²) in [5, 5.41) is 10.5. The summed E-state index contributed by atoms with van der Waals surface area (Å²) in [5.41, 5.74) is 1.36. The number of piperidine rings is 2. The van der Waals surface area contributed by atoms with Gasteiger partial charge < -0.3 is 14.7 Å². The lowest BCUT2D eigenvalue weighted by molar-refractivity contribution is 0.153. The second-order valence-corrected chi connectivity index (χ2v) is 8.78. The molecule has 4 nitrogen and oxygen atoms in total. The Hall–Kier alpha value is -1.85. The van der Waals surface area contributed by atoms with E-state index in [0.29, 0.717) is 22.6 Å². The van der Waals surface area contributed by atoms with Gasteiger partial charge in [0.2, 0.25) is 0 Å². The van der Waals surface area contributed by atoms with Gasteiger partial charge in [0.1, 0.15) is 11.6 Å². The maximum atomic E-state index is 9.99. The maximum absolute atomic E-state index is 9.99. The number of phenolic OH excluding ortho intramolecular Hbond substituents is 1. The number of halogens is 1. The van der Waals surface area contributed by atoms with Crippen LogP contribution in [0.3, 0.4) is 0 Å². The third-order valence-corrected chi connectivity index (χ3v) is 6.98. The number of fused-ring (bicyclic) bond motifs is 2. The molecule has 0 atom stereocenters. The zero-order chi connectivity index (χ0) is 18.4. The summed E-state index contributed by atoms with van der Waals surface area (Å²) in [4.78, 5) is 2.56. The molecule has 0 aromatic heterocycles. The molecule has 2 aromatic carbocycles. The van der Waals surface area contributed by atoms with Crippen LogP contribution in [0.15, 0.2) is 46.9 Å². The van der Waals surface area contributed by atoms with Crippen LogP contribution in [-0.4, -0.2) is 34.2 Å². The van der Waals surface area contributed by atoms with Crippen LogP contribution in [0.1, 0.15) is 31.2 Å². The van der Waals surface area contributed by atoms with Gasteiger partial charge in [0, 0.05) is 29.4 Å². The molecule has 0 unspecified atom stereocenters. The van der Waals surface area contributed by atoms with Crippen LogP contribution in [0.2, 0.25) is 5.02 Å². The van der Waals surface area contributed by atoms with E-state index in [0.717, 1.165) is 12.3 Å². The highest BCUT2D eigenvalue weighted by atomic mass is 35.5. The number of benzene rings is 2. The van der Waals surface area contributed by atoms with Crippen molar-refractivity contribution in [1.82, 2.24) is 4.90 Å². The zero-order valence-corrected chi connectivity index (χ0v) is 16.5. The number of ether oxygens (including phenoxy) is 1. The van der Waals surface area contributed by atoms with Crippen LogP contribution in [-0.2, 0) is 5.41 Å². The van der Waals surface area contributed by atoms with Gasteiger partial charge in [-0.25, -0.2) is 4.40 Å². The SMILES string of the molecule is Oc1cc(Cl)ccc1Oc1ccc(C23CCC(CC2)N2CCSN=C23)cc1. The first-order chi connectivity index (χ1) is 13.2. The standard InChI is InChI=1S/C21H21ClN2O2S/c22-15-3-6-19(18(25)13-15)26-17-4-1-14(2-5-17)21-9-7-16(8-10-21)24-11-12-27-23-20(21)24/h1-6,13,16,25H,7-12H2. The van der Waals surface area contributed by atoms with Crippen molar-refractivity contribution in [2.24, 2.45) is 4.40 Å². The predicted octanol–water partition coefficient (Wildman–Crippen LogP) is 5.39. The summed E-state index contributed by atoms with van der Waals surface area (Å²) in [6, 6.07) is 13.8. The minimum atomic E-state index is 0.0417. The van der Waals surface area contributed by atoms with E-state index in [1.165, 1.54) is 43.1 Å². The van der Waals surface area contributed by atoms with E-state index in [9.17, 15) is 5.11 Å². The molecule has 4 aliphatic rings. The van der Waals surface area contributed by atoms with Crippen LogP contribution < -0.4 is 4.74 Å². The van der Waals surface area contributed by atoms with Gasteiger partial charge in [0.15, 0.2) is 11.5 Å². The first kappa shape index (κ1) is 17.3. The summed E-state index contributed by atoms with van der Waals surface area (Å²) in [7, 11) is 0. The van der Waals surface area contributed by atoms with Crippen molar-refractivity contribution >= 4 is 29.4 Å². The number of amidine groups is 1. The Morgan fingerprint density at radius 2 is 1.93 bits per heavy atom. The highest BCUT2D eigenvalue weighted by molar-refractivity contribution is 7.98. The monoisotopic (exact) mass is 400 g/mol. The van der Waals surface area contributed by atoms with Gasteiger partial charge in [-0.1, -0.05) is 23.7 Å². The lowest BCUT2D eigenvalue weighted by Crippen LogP contribution is -2.61. The van der Waals surface area contributed by atoms with E-state index < -0.39 is 0 Å². The summed E-state index contributed by atoms with van der Waals surface area (Å²) >= 11 is 7.59. The summed E-state index contributed by atoms with van der Waals surface area (Å²) < 4.78 is 10.7. The van der Waals surface area contributed by atoms with Gasteiger partial charge in [-0.05, 0) is 67.5 Å². The van der Waals surface area contributed by atoms with Crippen molar-refractivity contribution in [3.63, 3.8) is 0 Å². The highest BCUT2D eigenvalue weighted by Gasteiger charge is 2.51. The molecule has 3 heterocycles. The highest BCUT2D eigenvalue weighted by Crippen LogP contribution is 2.50. The molecule has 0 radical (unpaired) electrons. The normalized spacial score (nSPS) is 26.5. The topological polar surface area (TPSA) is 45.1 Å². The van der Waals surface area contributed by atoms with Crippen molar-refractivity contribution in [2.75, 3.05) is 12.3 Å². The molecule has 6 rings (SSSR count). The maximum Gasteiger partial charge on any atom is 0.169 e. The fourth-order valence-electron chi connectivity index (χ4n) is 4.72. The summed E-state index contributed by atoms with van der Waals surface area (Å²) in [6.07, 6.45) is 4.85. The molecule has 27 heavy (non-hydrogen) atoms. The fraction of sp³-hybridized carbons (Fsp3) is 0.381. The second-order valence-electron chi connectivity index (χ2n) is 7.49. The molecule has 2 bridgehead atoms. The average Bonchev–Trinajstić information content (AvgIpc) is 2.72. The zero-order valence-electron chi connectivity index (χ0n) is 14.9. The van der Waals surface area contributed by atoms with Crippen molar-refractivity contribution in [3.8, 4) is 17.2 Å². The minimum Gasteiger partial charge on any atom is -0.504 e. The van der Waals surface area contributed by atoms with E-state index in [1.54, 1.807) is 24.1 Å². The number of nitrogens with zero attached hydrogens (tertiary/aromatic N) is 2. The molecule has 2 aromatic rings. The van der Waals surface area contributed by atoms with Gasteiger partial charge in [-0.15, -0.1) is 0 Å². The third kappa shape index (κ3) is 2.88. The van der Waals surface area contributed by atoms with Crippen LogP contribution in [0.25, 0.3) is 0 Å². The summed E-state index contributed by atoms with van der Waals surface area (Å²) in [6.45, 7) is 1.12. The van der Waals surface area contributed by atoms with Crippen LogP contribution in [0.4, 0.5) is 0 Å². The van der Waals surface area contributed by atoms with Crippen molar-refractivity contribution < 1.29 is 9.84 Å². The lowest BCUT2D eigenvalue weighted by Gasteiger charge is -2.55. The molecule has 1 aliphatic carbocycles. The number of hydrogen-bond acceptors (Lipinski definition) is 5. The van der Waals surface area contributed by atoms with Crippen molar-refractivity contribution in [2.45, 2.75) is 37.1 Å². The Morgan fingerprint density at radius 3 is 2.67 bits per heavy atom. The van der Waals surface area contributed by atoms with E-state index in [1.807, 2.05) is 12.1 Å². The molecular weight excluding hydrogens is 380 g/mol. The fourth-order valence-corrected chi connectivity index (χ4v) is 5.65. The van der Waals surface area contributed by atoms with Crippen LogP contribution in [0.5, 0.6) is 17.2 Å². The molecule has 6 heteroatoms. The molecule has 0 amide bonds. The predicted molar refractivity (Wildman–Crippen MR) is 110 cm³/mol. The average molecular weight is 401 g/mol. The van der Waals surface area contributed by atoms with Crippen molar-refractivity contribution in [3.05, 3.63) is 53.1 Å². The molecule has 2 saturated heterocycles. The van der Waals surface area contributed by atoms with Gasteiger partial charge in [0.05, 0.1) is 5.41 Å². The molecule has 1 saturated carbocycles. The molecule has 140 valence electrons. The summed E-state index contributed by atoms with van der Waals surface area (Å²) in [5.74, 6) is 3.52. The number of hydrogen-bond donors (Lipinski definition) is 1. The minimum absolute atomic E-state index is 0.0417. The molecular formula is C21H21ClN2O2S. The Morgan fingerprint density at radius 1 is 1.15 bits per heavy atom. The Labute approximate surface area is 168 Å². The number of phenols is 1. The van der Waals surface area contributed by atoms with E-state index in [-0.39, 0.29) is 11.2 Å². The van der Waals surface area contributed by atoms with E-state index in [4.69, 9.17) is 20.7 Å². The molecule has 3 fully saturated rings. The van der Waals surface area contributed by atoms with E-state index >= 15 is 0 Å². The smallest absolute Gasteiger partial charge is 0.169 e. The van der Waals surface area contributed by atoms with Crippen molar-refractivity contribution in [1.29, 1.82) is 0 Å². The number of rotatable bonds is 3. The molecule has 0 spiro atoms. The van der Waals surface area contributed by atoms with Gasteiger partial charge in [0.25, 0.3) is 0 Å². The Balaban J connectivity index is 1.43. The van der Waals surface area contributed by atoms with E-state index in [2.05, 4.69) is 17.0 Å². The first-order valence-corrected chi connectivity index (χ1v) is 10.7. The Kier molecular flexibility index (Phi) is 4.25. The third-order valence-electron chi connectivity index (χ3n) is 6.08. The van der Waals surface area contributed by atoms with Gasteiger partial charge in [-0.3, -0.25) is 0 Å². The molecule has 1 N–H and O–H groups in total. The quantitative estimate of drug-likeness (QED) is 0.701. The largest absolute Gasteiger partial charge is 0.504 e. The van der Waals surface area contributed by atoms with Gasteiger partial charge >= 0.3 is 0 Å².